The maximum Gasteiger partial charge on any atom is 0 e. The van der Waals surface area contributed by atoms with Gasteiger partial charge in [-0.25, -0.2) is 0 Å². The van der Waals surface area contributed by atoms with Crippen molar-refractivity contribution in [2.45, 2.75) is 26.4 Å². The zero-order valence-electron chi connectivity index (χ0n) is 4.76. The minimum Gasteiger partial charge on any atom is -2.00 e. The Morgan fingerprint density at radius 2 is 1.14 bits per heavy atom. The zero-order valence-corrected chi connectivity index (χ0v) is 6.16. The molecule has 3 heteroatoms. The Morgan fingerprint density at radius 1 is 1.14 bits per heavy atom. The van der Waals surface area contributed by atoms with Gasteiger partial charge in [0.1, 0.15) is 0 Å². The first-order valence-electron chi connectivity index (χ1n) is 1.70. The summed E-state index contributed by atoms with van der Waals surface area (Å²) in [4.78, 5) is 0. The van der Waals surface area contributed by atoms with E-state index in [1.165, 1.54) is 0 Å². The van der Waals surface area contributed by atoms with Crippen molar-refractivity contribution in [3.63, 3.8) is 0 Å². The number of hydrogen-bond donors (Lipinski definition) is 0. The molecule has 0 saturated carbocycles. The Morgan fingerprint density at radius 3 is 1.14 bits per heavy atom. The Balaban J connectivity index is -0.0000000800. The molecule has 0 heterocycles. The largest absolute Gasteiger partial charge is 2.00 e. The van der Waals surface area contributed by atoms with Crippen LogP contribution in [0.15, 0.2) is 0 Å². The Kier molecular flexibility index (Phi) is 10.4. The van der Waals surface area contributed by atoms with E-state index >= 15 is 0 Å². The summed E-state index contributed by atoms with van der Waals surface area (Å²) in [6.07, 6.45) is 0. The van der Waals surface area contributed by atoms with Crippen LogP contribution in [0, 0.1) is 0 Å². The molecule has 0 N–H and O–H groups in total. The second-order valence-electron chi connectivity index (χ2n) is 2.11. The first-order valence-corrected chi connectivity index (χ1v) is 1.70. The fourth-order valence-corrected chi connectivity index (χ4v) is 0. The van der Waals surface area contributed by atoms with Crippen LogP contribution in [0.4, 0.5) is 0 Å². The molecular weight excluding hydrogens is 131 g/mol. The smallest absolute Gasteiger partial charge is 0 e. The van der Waals surface area contributed by atoms with E-state index in [0.717, 1.165) is 0 Å². The van der Waals surface area contributed by atoms with Gasteiger partial charge in [0.2, 0.25) is 0 Å². The van der Waals surface area contributed by atoms with Crippen LogP contribution in [0.3, 0.4) is 0 Å². The average molecular weight is 140 g/mol. The quantitative estimate of drug-likeness (QED) is 0.468. The molecule has 45 valence electrons. The van der Waals surface area contributed by atoms with Crippen molar-refractivity contribution in [3.8, 4) is 0 Å². The molecular formula is C4H9O2V-3. The van der Waals surface area contributed by atoms with Gasteiger partial charge in [0.05, 0.1) is 0 Å². The van der Waals surface area contributed by atoms with Gasteiger partial charge in [0.25, 0.3) is 0 Å². The molecule has 0 aromatic heterocycles. The molecule has 0 aliphatic carbocycles. The fraction of sp³-hybridized carbons (Fsp3) is 1.00. The van der Waals surface area contributed by atoms with Crippen molar-refractivity contribution in [2.75, 3.05) is 0 Å². The van der Waals surface area contributed by atoms with Gasteiger partial charge in [0.15, 0.2) is 0 Å². The summed E-state index contributed by atoms with van der Waals surface area (Å²) in [5.41, 5.74) is -0.750. The molecule has 0 rings (SSSR count). The maximum absolute atomic E-state index is 10.1. The second kappa shape index (κ2) is 4.66. The first kappa shape index (κ1) is 15.6. The zero-order chi connectivity index (χ0) is 4.50. The molecule has 0 aliphatic heterocycles. The van der Waals surface area contributed by atoms with E-state index in [-0.39, 0.29) is 24.0 Å². The van der Waals surface area contributed by atoms with E-state index in [0.29, 0.717) is 0 Å². The predicted octanol–water partition coefficient (Wildman–Crippen LogP) is 0.0239. The topological polar surface area (TPSA) is 51.6 Å². The molecule has 0 aliphatic rings. The van der Waals surface area contributed by atoms with Crippen LogP contribution >= 0.6 is 0 Å². The molecule has 0 amide bonds. The molecule has 0 aromatic rings. The Hall–Kier alpha value is 0.504. The fourth-order valence-electron chi connectivity index (χ4n) is 0. The predicted molar refractivity (Wildman–Crippen MR) is 20.4 cm³/mol. The summed E-state index contributed by atoms with van der Waals surface area (Å²) in [6, 6.07) is 0. The van der Waals surface area contributed by atoms with Gasteiger partial charge in [-0.3, -0.25) is 0 Å². The van der Waals surface area contributed by atoms with Crippen molar-refractivity contribution in [2.24, 2.45) is 0 Å². The van der Waals surface area contributed by atoms with Crippen LogP contribution in [0.2, 0.25) is 0 Å². The summed E-state index contributed by atoms with van der Waals surface area (Å²) in [7, 11) is 0. The Labute approximate surface area is 56.1 Å². The molecule has 0 fully saturated rings. The molecule has 1 radical (unpaired) electrons. The summed E-state index contributed by atoms with van der Waals surface area (Å²) >= 11 is 0. The minimum absolute atomic E-state index is 0. The van der Waals surface area contributed by atoms with Crippen LogP contribution in [-0.4, -0.2) is 5.60 Å². The summed E-state index contributed by atoms with van der Waals surface area (Å²) < 4.78 is 0. The van der Waals surface area contributed by atoms with Gasteiger partial charge in [-0.15, -0.1) is 5.60 Å². The van der Waals surface area contributed by atoms with Crippen molar-refractivity contribution in [3.05, 3.63) is 0 Å². The third-order valence-electron chi connectivity index (χ3n) is 0. The van der Waals surface area contributed by atoms with Gasteiger partial charge in [-0.05, 0) is 0 Å². The average Bonchev–Trinajstić information content (AvgIpc) is 0.722. The Bertz CT molecular complexity index is 25.2. The third kappa shape index (κ3) is 519. The van der Waals surface area contributed by atoms with Crippen LogP contribution in [0.1, 0.15) is 20.8 Å². The van der Waals surface area contributed by atoms with Crippen LogP contribution in [0.25, 0.3) is 0 Å². The monoisotopic (exact) mass is 140 g/mol. The third-order valence-corrected chi connectivity index (χ3v) is 0. The molecule has 7 heavy (non-hydrogen) atoms. The summed E-state index contributed by atoms with van der Waals surface area (Å²) in [6.45, 7) is 4.90. The summed E-state index contributed by atoms with van der Waals surface area (Å²) in [5.74, 6) is 0. The maximum atomic E-state index is 10.1. The molecule has 0 spiro atoms. The van der Waals surface area contributed by atoms with Crippen LogP contribution in [-0.2, 0) is 24.0 Å². The van der Waals surface area contributed by atoms with Gasteiger partial charge in [-0.2, -0.15) is 0 Å². The molecule has 0 saturated heterocycles. The SMILES string of the molecule is CC(C)(C)[O-].[O-2].[V]. The van der Waals surface area contributed by atoms with Gasteiger partial charge >= 0.3 is 0 Å². The van der Waals surface area contributed by atoms with E-state index in [1.807, 2.05) is 0 Å². The number of hydrogen-bond acceptors (Lipinski definition) is 1. The van der Waals surface area contributed by atoms with Crippen LogP contribution < -0.4 is 5.11 Å². The molecule has 0 bridgehead atoms. The van der Waals surface area contributed by atoms with Crippen LogP contribution in [0.5, 0.6) is 0 Å². The first-order chi connectivity index (χ1) is 2.00. The normalized spacial score (nSPS) is 8.57. The summed E-state index contributed by atoms with van der Waals surface area (Å²) in [5, 5.41) is 10.1. The van der Waals surface area contributed by atoms with E-state index < -0.39 is 5.60 Å². The van der Waals surface area contributed by atoms with E-state index in [2.05, 4.69) is 0 Å². The standard InChI is InChI=1S/C4H9O.O.V/c1-4(2,3)5;;/h1-3H3;;/q-1;-2;. The molecule has 0 unspecified atom stereocenters. The van der Waals surface area contributed by atoms with E-state index in [9.17, 15) is 5.11 Å². The van der Waals surface area contributed by atoms with Crippen molar-refractivity contribution in [1.82, 2.24) is 0 Å². The molecule has 0 atom stereocenters. The van der Waals surface area contributed by atoms with Crippen molar-refractivity contribution >= 4 is 0 Å². The van der Waals surface area contributed by atoms with E-state index in [1.54, 1.807) is 20.8 Å². The van der Waals surface area contributed by atoms with Gasteiger partial charge in [0, 0.05) is 18.6 Å². The molecule has 2 nitrogen and oxygen atoms in total. The van der Waals surface area contributed by atoms with Gasteiger partial charge in [-0.1, -0.05) is 20.8 Å². The van der Waals surface area contributed by atoms with Gasteiger partial charge < -0.3 is 10.6 Å². The second-order valence-corrected chi connectivity index (χ2v) is 2.11. The van der Waals surface area contributed by atoms with E-state index in [4.69, 9.17) is 0 Å². The van der Waals surface area contributed by atoms with Crippen molar-refractivity contribution < 1.29 is 29.1 Å². The molecule has 0 aromatic carbocycles. The minimum atomic E-state index is -0.750. The number of rotatable bonds is 0. The van der Waals surface area contributed by atoms with Crippen molar-refractivity contribution in [1.29, 1.82) is 0 Å².